The Hall–Kier alpha value is -0.770. The van der Waals surface area contributed by atoms with Crippen molar-refractivity contribution < 1.29 is 14.3 Å². The van der Waals surface area contributed by atoms with E-state index in [0.29, 0.717) is 31.2 Å². The number of amides is 1. The van der Waals surface area contributed by atoms with E-state index in [9.17, 15) is 9.59 Å². The van der Waals surface area contributed by atoms with Crippen LogP contribution in [0.4, 0.5) is 0 Å². The summed E-state index contributed by atoms with van der Waals surface area (Å²) in [5.41, 5.74) is 0. The second-order valence-corrected chi connectivity index (χ2v) is 4.70. The predicted octanol–water partition coefficient (Wildman–Crippen LogP) is 2.44. The second-order valence-electron chi connectivity index (χ2n) is 4.33. The summed E-state index contributed by atoms with van der Waals surface area (Å²) in [7, 11) is 1.33. The van der Waals surface area contributed by atoms with E-state index in [1.54, 1.807) is 4.90 Å². The van der Waals surface area contributed by atoms with Gasteiger partial charge in [0.05, 0.1) is 7.11 Å². The molecule has 0 atom stereocenters. The van der Waals surface area contributed by atoms with Crippen molar-refractivity contribution >= 4 is 23.5 Å². The molecular weight excluding hydrogens is 254 g/mol. The number of carbonyl (C=O) groups is 2. The van der Waals surface area contributed by atoms with E-state index < -0.39 is 0 Å². The van der Waals surface area contributed by atoms with Crippen molar-refractivity contribution in [3.8, 4) is 0 Å². The third-order valence-corrected chi connectivity index (χ3v) is 3.33. The van der Waals surface area contributed by atoms with Crippen LogP contribution >= 0.6 is 11.6 Å². The molecule has 106 valence electrons. The maximum absolute atomic E-state index is 12.0. The van der Waals surface area contributed by atoms with Crippen molar-refractivity contribution in [3.05, 3.63) is 0 Å². The summed E-state index contributed by atoms with van der Waals surface area (Å²) >= 11 is 5.58. The first-order chi connectivity index (χ1) is 8.58. The molecule has 18 heavy (non-hydrogen) atoms. The minimum absolute atomic E-state index is 0.0204. The fraction of sp³-hybridized carbons (Fsp3) is 0.846. The average molecular weight is 278 g/mol. The Kier molecular flexibility index (Phi) is 9.74. The molecule has 0 bridgehead atoms. The van der Waals surface area contributed by atoms with Crippen molar-refractivity contribution in [2.24, 2.45) is 5.92 Å². The van der Waals surface area contributed by atoms with Gasteiger partial charge in [0, 0.05) is 18.8 Å². The smallest absolute Gasteiger partial charge is 0.325 e. The molecule has 0 rings (SSSR count). The van der Waals surface area contributed by atoms with Crippen LogP contribution in [0.15, 0.2) is 0 Å². The largest absolute Gasteiger partial charge is 0.468 e. The van der Waals surface area contributed by atoms with Gasteiger partial charge in [0.1, 0.15) is 6.54 Å². The number of hydrogen-bond acceptors (Lipinski definition) is 3. The number of halogens is 1. The Morgan fingerprint density at radius 3 is 2.33 bits per heavy atom. The van der Waals surface area contributed by atoms with Gasteiger partial charge in [-0.05, 0) is 12.3 Å². The molecule has 0 aliphatic heterocycles. The molecule has 0 aromatic heterocycles. The molecule has 0 heterocycles. The first-order valence-electron chi connectivity index (χ1n) is 6.49. The number of rotatable bonds is 9. The summed E-state index contributed by atoms with van der Waals surface area (Å²) in [6.07, 6.45) is 3.02. The lowest BCUT2D eigenvalue weighted by atomic mass is 10.0. The van der Waals surface area contributed by atoms with Gasteiger partial charge < -0.3 is 9.64 Å². The Bertz CT molecular complexity index is 255. The van der Waals surface area contributed by atoms with E-state index in [2.05, 4.69) is 18.6 Å². The van der Waals surface area contributed by atoms with Gasteiger partial charge in [-0.2, -0.15) is 0 Å². The molecule has 0 aliphatic rings. The van der Waals surface area contributed by atoms with Gasteiger partial charge in [-0.25, -0.2) is 0 Å². The average Bonchev–Trinajstić information content (AvgIpc) is 2.40. The minimum Gasteiger partial charge on any atom is -0.468 e. The molecule has 0 aromatic carbocycles. The van der Waals surface area contributed by atoms with Crippen LogP contribution in [0.5, 0.6) is 0 Å². The lowest BCUT2D eigenvalue weighted by Gasteiger charge is -2.25. The minimum atomic E-state index is -0.375. The first kappa shape index (κ1) is 17.2. The fourth-order valence-electron chi connectivity index (χ4n) is 1.71. The lowest BCUT2D eigenvalue weighted by molar-refractivity contribution is -0.147. The van der Waals surface area contributed by atoms with Crippen LogP contribution in [0.3, 0.4) is 0 Å². The number of hydrogen-bond donors (Lipinski definition) is 0. The van der Waals surface area contributed by atoms with Crippen molar-refractivity contribution in [1.29, 1.82) is 0 Å². The molecule has 0 aliphatic carbocycles. The highest BCUT2D eigenvalue weighted by Crippen LogP contribution is 2.11. The molecular formula is C13H24ClNO3. The highest BCUT2D eigenvalue weighted by Gasteiger charge is 2.19. The topological polar surface area (TPSA) is 46.6 Å². The number of ether oxygens (including phenoxy) is 1. The zero-order chi connectivity index (χ0) is 14.0. The second kappa shape index (κ2) is 10.2. The van der Waals surface area contributed by atoms with Crippen LogP contribution in [0.25, 0.3) is 0 Å². The van der Waals surface area contributed by atoms with E-state index >= 15 is 0 Å². The number of carbonyl (C=O) groups excluding carboxylic acids is 2. The third kappa shape index (κ3) is 6.84. The maximum Gasteiger partial charge on any atom is 0.325 e. The van der Waals surface area contributed by atoms with E-state index in [4.69, 9.17) is 11.6 Å². The van der Waals surface area contributed by atoms with Crippen LogP contribution < -0.4 is 0 Å². The summed E-state index contributed by atoms with van der Waals surface area (Å²) in [5, 5.41) is 0. The summed E-state index contributed by atoms with van der Waals surface area (Å²) in [5.74, 6) is 0.491. The summed E-state index contributed by atoms with van der Waals surface area (Å²) in [6, 6.07) is 0. The maximum atomic E-state index is 12.0. The number of alkyl halides is 1. The normalized spacial score (nSPS) is 10.5. The van der Waals surface area contributed by atoms with Gasteiger partial charge >= 0.3 is 5.97 Å². The first-order valence-corrected chi connectivity index (χ1v) is 7.02. The fourth-order valence-corrected chi connectivity index (χ4v) is 1.84. The van der Waals surface area contributed by atoms with Gasteiger partial charge in [0.25, 0.3) is 0 Å². The zero-order valence-electron chi connectivity index (χ0n) is 11.6. The Morgan fingerprint density at radius 2 is 1.89 bits per heavy atom. The Morgan fingerprint density at radius 1 is 1.28 bits per heavy atom. The molecule has 1 amide bonds. The van der Waals surface area contributed by atoms with Gasteiger partial charge in [0.2, 0.25) is 5.91 Å². The summed E-state index contributed by atoms with van der Waals surface area (Å²) < 4.78 is 4.63. The standard InChI is InChI=1S/C13H24ClNO3/c1-4-11(5-2)9-15(10-13(17)18-3)12(16)7-6-8-14/h11H,4-10H2,1-3H3. The van der Waals surface area contributed by atoms with Crippen molar-refractivity contribution in [2.45, 2.75) is 39.5 Å². The molecule has 0 spiro atoms. The van der Waals surface area contributed by atoms with Crippen molar-refractivity contribution in [1.82, 2.24) is 4.90 Å². The third-order valence-electron chi connectivity index (χ3n) is 3.06. The molecule has 0 saturated carbocycles. The van der Waals surface area contributed by atoms with Crippen LogP contribution in [-0.2, 0) is 14.3 Å². The molecule has 0 aromatic rings. The van der Waals surface area contributed by atoms with Crippen LogP contribution in [0.1, 0.15) is 39.5 Å². The summed E-state index contributed by atoms with van der Waals surface area (Å²) in [6.45, 7) is 4.83. The highest BCUT2D eigenvalue weighted by atomic mass is 35.5. The number of nitrogens with zero attached hydrogens (tertiary/aromatic N) is 1. The Labute approximate surface area is 115 Å². The molecule has 4 nitrogen and oxygen atoms in total. The zero-order valence-corrected chi connectivity index (χ0v) is 12.3. The highest BCUT2D eigenvalue weighted by molar-refractivity contribution is 6.17. The van der Waals surface area contributed by atoms with Crippen molar-refractivity contribution in [3.63, 3.8) is 0 Å². The van der Waals surface area contributed by atoms with Gasteiger partial charge in [-0.1, -0.05) is 26.7 Å². The molecule has 0 unspecified atom stereocenters. The SMILES string of the molecule is CCC(CC)CN(CC(=O)OC)C(=O)CCCCl. The molecule has 0 saturated heterocycles. The van der Waals surface area contributed by atoms with Gasteiger partial charge in [-0.3, -0.25) is 9.59 Å². The van der Waals surface area contributed by atoms with E-state index in [0.717, 1.165) is 12.8 Å². The molecule has 0 N–H and O–H groups in total. The van der Waals surface area contributed by atoms with Crippen LogP contribution in [0, 0.1) is 5.92 Å². The summed E-state index contributed by atoms with van der Waals surface area (Å²) in [4.78, 5) is 24.9. The predicted molar refractivity (Wildman–Crippen MR) is 72.6 cm³/mol. The quantitative estimate of drug-likeness (QED) is 0.480. The Balaban J connectivity index is 4.49. The molecule has 0 fully saturated rings. The van der Waals surface area contributed by atoms with Crippen LogP contribution in [0.2, 0.25) is 0 Å². The number of esters is 1. The van der Waals surface area contributed by atoms with E-state index in [1.807, 2.05) is 0 Å². The monoisotopic (exact) mass is 277 g/mol. The van der Waals surface area contributed by atoms with Gasteiger partial charge in [-0.15, -0.1) is 11.6 Å². The lowest BCUT2D eigenvalue weighted by Crippen LogP contribution is -2.39. The molecule has 5 heteroatoms. The van der Waals surface area contributed by atoms with Crippen molar-refractivity contribution in [2.75, 3.05) is 26.1 Å². The molecule has 0 radical (unpaired) electrons. The van der Waals surface area contributed by atoms with Gasteiger partial charge in [0.15, 0.2) is 0 Å². The van der Waals surface area contributed by atoms with E-state index in [-0.39, 0.29) is 18.4 Å². The van der Waals surface area contributed by atoms with E-state index in [1.165, 1.54) is 7.11 Å². The van der Waals surface area contributed by atoms with Crippen LogP contribution in [-0.4, -0.2) is 42.9 Å². The number of methoxy groups -OCH3 is 1.